The molecule has 21 heavy (non-hydrogen) atoms. The fourth-order valence-electron chi connectivity index (χ4n) is 1.96. The maximum atomic E-state index is 12.7. The summed E-state index contributed by atoms with van der Waals surface area (Å²) in [5, 5.41) is 0. The van der Waals surface area contributed by atoms with E-state index in [0.717, 1.165) is 12.8 Å². The van der Waals surface area contributed by atoms with Crippen LogP contribution in [0.3, 0.4) is 0 Å². The van der Waals surface area contributed by atoms with E-state index < -0.39 is 10.0 Å². The highest BCUT2D eigenvalue weighted by Crippen LogP contribution is 2.23. The molecule has 0 aliphatic rings. The first-order valence-electron chi connectivity index (χ1n) is 7.35. The summed E-state index contributed by atoms with van der Waals surface area (Å²) in [5.41, 5.74) is 0.113. The number of ether oxygens (including phenoxy) is 1. The van der Waals surface area contributed by atoms with Crippen LogP contribution in [0.1, 0.15) is 40.5 Å². The Hall–Kier alpha value is -1.07. The quantitative estimate of drug-likeness (QED) is 0.773. The Bertz CT molecular complexity index is 530. The van der Waals surface area contributed by atoms with E-state index in [1.807, 2.05) is 6.92 Å². The van der Waals surface area contributed by atoms with E-state index in [-0.39, 0.29) is 5.41 Å². The normalized spacial score (nSPS) is 12.7. The van der Waals surface area contributed by atoms with Crippen molar-refractivity contribution < 1.29 is 13.2 Å². The van der Waals surface area contributed by atoms with Gasteiger partial charge in [0.15, 0.2) is 0 Å². The monoisotopic (exact) mass is 313 g/mol. The van der Waals surface area contributed by atoms with Crippen LogP contribution in [-0.4, -0.2) is 32.9 Å². The number of rotatable bonds is 7. The van der Waals surface area contributed by atoms with E-state index >= 15 is 0 Å². The minimum Gasteiger partial charge on any atom is -0.497 e. The van der Waals surface area contributed by atoms with Gasteiger partial charge in [0.1, 0.15) is 5.75 Å². The molecule has 0 saturated carbocycles. The van der Waals surface area contributed by atoms with Gasteiger partial charge in [-0.25, -0.2) is 8.42 Å². The topological polar surface area (TPSA) is 46.6 Å². The van der Waals surface area contributed by atoms with Crippen LogP contribution in [0.25, 0.3) is 0 Å². The van der Waals surface area contributed by atoms with Gasteiger partial charge in [-0.2, -0.15) is 4.31 Å². The third kappa shape index (κ3) is 5.32. The number of benzene rings is 1. The molecule has 0 radical (unpaired) electrons. The smallest absolute Gasteiger partial charge is 0.243 e. The summed E-state index contributed by atoms with van der Waals surface area (Å²) >= 11 is 0. The second-order valence-electron chi connectivity index (χ2n) is 6.39. The van der Waals surface area contributed by atoms with Crippen molar-refractivity contribution in [1.29, 1.82) is 0 Å². The number of sulfonamides is 1. The molecule has 0 heterocycles. The number of hydrogen-bond donors (Lipinski definition) is 0. The van der Waals surface area contributed by atoms with E-state index in [0.29, 0.717) is 23.7 Å². The predicted molar refractivity (Wildman–Crippen MR) is 86.1 cm³/mol. The molecule has 0 aliphatic heterocycles. The zero-order valence-electron chi connectivity index (χ0n) is 13.7. The molecule has 1 rings (SSSR count). The van der Waals surface area contributed by atoms with Crippen LogP contribution in [-0.2, 0) is 10.0 Å². The minimum atomic E-state index is -3.43. The third-order valence-corrected chi connectivity index (χ3v) is 5.19. The first-order chi connectivity index (χ1) is 9.70. The van der Waals surface area contributed by atoms with Crippen molar-refractivity contribution in [1.82, 2.24) is 4.31 Å². The third-order valence-electron chi connectivity index (χ3n) is 3.28. The molecule has 0 fully saturated rings. The second-order valence-corrected chi connectivity index (χ2v) is 8.33. The maximum Gasteiger partial charge on any atom is 0.243 e. The molecule has 1 aromatic rings. The molecule has 0 aliphatic carbocycles. The average molecular weight is 313 g/mol. The van der Waals surface area contributed by atoms with Gasteiger partial charge in [0.25, 0.3) is 0 Å². The molecule has 0 aromatic heterocycles. The summed E-state index contributed by atoms with van der Waals surface area (Å²) in [4.78, 5) is 0.325. The van der Waals surface area contributed by atoms with E-state index in [1.165, 1.54) is 0 Å². The van der Waals surface area contributed by atoms with Crippen LogP contribution < -0.4 is 4.74 Å². The Morgan fingerprint density at radius 1 is 1.10 bits per heavy atom. The van der Waals surface area contributed by atoms with Gasteiger partial charge in [-0.1, -0.05) is 27.7 Å². The molecular weight excluding hydrogens is 286 g/mol. The second kappa shape index (κ2) is 7.27. The van der Waals surface area contributed by atoms with Crippen molar-refractivity contribution in [3.63, 3.8) is 0 Å². The zero-order valence-corrected chi connectivity index (χ0v) is 14.5. The van der Waals surface area contributed by atoms with Gasteiger partial charge in [-0.05, 0) is 42.5 Å². The minimum absolute atomic E-state index is 0.113. The number of hydrogen-bond acceptors (Lipinski definition) is 3. The Labute approximate surface area is 129 Å². The molecule has 0 bridgehead atoms. The molecule has 5 heteroatoms. The van der Waals surface area contributed by atoms with Crippen LogP contribution in [0.5, 0.6) is 5.75 Å². The van der Waals surface area contributed by atoms with Crippen molar-refractivity contribution in [2.75, 3.05) is 20.2 Å². The molecule has 0 unspecified atom stereocenters. The highest BCUT2D eigenvalue weighted by molar-refractivity contribution is 7.89. The maximum absolute atomic E-state index is 12.7. The van der Waals surface area contributed by atoms with Crippen LogP contribution in [0, 0.1) is 5.41 Å². The van der Waals surface area contributed by atoms with Crippen molar-refractivity contribution in [3.8, 4) is 5.75 Å². The molecular formula is C16H27NO3S. The Morgan fingerprint density at radius 2 is 1.67 bits per heavy atom. The number of methoxy groups -OCH3 is 1. The molecule has 1 aromatic carbocycles. The summed E-state index contributed by atoms with van der Waals surface area (Å²) < 4.78 is 32.1. The summed E-state index contributed by atoms with van der Waals surface area (Å²) in [7, 11) is -1.87. The van der Waals surface area contributed by atoms with E-state index in [4.69, 9.17) is 4.74 Å². The lowest BCUT2D eigenvalue weighted by Crippen LogP contribution is -2.34. The SMILES string of the molecule is CCCN(CCC(C)(C)C)S(=O)(=O)c1ccc(OC)cc1. The van der Waals surface area contributed by atoms with E-state index in [1.54, 1.807) is 35.7 Å². The van der Waals surface area contributed by atoms with Crippen LogP contribution in [0.15, 0.2) is 29.2 Å². The number of nitrogens with zero attached hydrogens (tertiary/aromatic N) is 1. The summed E-state index contributed by atoms with van der Waals surface area (Å²) in [6, 6.07) is 6.57. The van der Waals surface area contributed by atoms with Crippen LogP contribution in [0.2, 0.25) is 0 Å². The lowest BCUT2D eigenvalue weighted by Gasteiger charge is -2.26. The lowest BCUT2D eigenvalue weighted by atomic mass is 9.92. The molecule has 0 amide bonds. The molecule has 4 nitrogen and oxygen atoms in total. The zero-order chi connectivity index (χ0) is 16.1. The first kappa shape index (κ1) is 18.0. The van der Waals surface area contributed by atoms with Crippen molar-refractivity contribution >= 4 is 10.0 Å². The Morgan fingerprint density at radius 3 is 2.10 bits per heavy atom. The average Bonchev–Trinajstić information content (AvgIpc) is 2.42. The van der Waals surface area contributed by atoms with E-state index in [2.05, 4.69) is 20.8 Å². The van der Waals surface area contributed by atoms with E-state index in [9.17, 15) is 8.42 Å². The van der Waals surface area contributed by atoms with Crippen LogP contribution >= 0.6 is 0 Å². The lowest BCUT2D eigenvalue weighted by molar-refractivity contribution is 0.310. The van der Waals surface area contributed by atoms with Gasteiger partial charge in [0.05, 0.1) is 12.0 Å². The van der Waals surface area contributed by atoms with Crippen LogP contribution in [0.4, 0.5) is 0 Å². The fraction of sp³-hybridized carbons (Fsp3) is 0.625. The molecule has 0 N–H and O–H groups in total. The molecule has 120 valence electrons. The molecule has 0 saturated heterocycles. The Balaban J connectivity index is 2.97. The predicted octanol–water partition coefficient (Wildman–Crippen LogP) is 3.53. The largest absolute Gasteiger partial charge is 0.497 e. The highest BCUT2D eigenvalue weighted by atomic mass is 32.2. The van der Waals surface area contributed by atoms with Gasteiger partial charge in [0.2, 0.25) is 10.0 Å². The van der Waals surface area contributed by atoms with Gasteiger partial charge in [0, 0.05) is 13.1 Å². The van der Waals surface area contributed by atoms with Crippen molar-refractivity contribution in [2.45, 2.75) is 45.4 Å². The van der Waals surface area contributed by atoms with Crippen molar-refractivity contribution in [3.05, 3.63) is 24.3 Å². The van der Waals surface area contributed by atoms with Gasteiger partial charge in [-0.3, -0.25) is 0 Å². The molecule has 0 atom stereocenters. The Kier molecular flexibility index (Phi) is 6.23. The van der Waals surface area contributed by atoms with Gasteiger partial charge in [-0.15, -0.1) is 0 Å². The highest BCUT2D eigenvalue weighted by Gasteiger charge is 2.25. The van der Waals surface area contributed by atoms with Gasteiger partial charge >= 0.3 is 0 Å². The fourth-order valence-corrected chi connectivity index (χ4v) is 3.49. The molecule has 0 spiro atoms. The first-order valence-corrected chi connectivity index (χ1v) is 8.79. The standard InChI is InChI=1S/C16H27NO3S/c1-6-12-17(13-11-16(2,3)4)21(18,19)15-9-7-14(20-5)8-10-15/h7-10H,6,11-13H2,1-5H3. The summed E-state index contributed by atoms with van der Waals surface area (Å²) in [6.07, 6.45) is 1.64. The van der Waals surface area contributed by atoms with Crippen molar-refractivity contribution in [2.24, 2.45) is 5.41 Å². The summed E-state index contributed by atoms with van der Waals surface area (Å²) in [6.45, 7) is 9.45. The van der Waals surface area contributed by atoms with Gasteiger partial charge < -0.3 is 4.74 Å². The summed E-state index contributed by atoms with van der Waals surface area (Å²) in [5.74, 6) is 0.658.